The Morgan fingerprint density at radius 3 is 2.44 bits per heavy atom. The SMILES string of the molecule is CC(C)(C)NCCC(=O)Cc1ccc(Cl)c(Cl)c1. The molecule has 0 bridgehead atoms. The number of nitrogens with one attached hydrogen (secondary N) is 1. The molecule has 0 heterocycles. The first-order chi connectivity index (χ1) is 8.28. The van der Waals surface area contributed by atoms with E-state index in [0.717, 1.165) is 5.56 Å². The van der Waals surface area contributed by atoms with E-state index in [9.17, 15) is 4.79 Å². The third-order valence-corrected chi connectivity index (χ3v) is 3.18. The molecule has 0 atom stereocenters. The summed E-state index contributed by atoms with van der Waals surface area (Å²) in [5.74, 6) is 0.199. The van der Waals surface area contributed by atoms with Crippen LogP contribution in [-0.4, -0.2) is 17.9 Å². The largest absolute Gasteiger partial charge is 0.312 e. The van der Waals surface area contributed by atoms with E-state index in [-0.39, 0.29) is 11.3 Å². The van der Waals surface area contributed by atoms with Gasteiger partial charge < -0.3 is 5.32 Å². The molecule has 0 unspecified atom stereocenters. The predicted molar refractivity (Wildman–Crippen MR) is 77.5 cm³/mol. The van der Waals surface area contributed by atoms with E-state index < -0.39 is 0 Å². The molecule has 4 heteroatoms. The first-order valence-electron chi connectivity index (χ1n) is 5.98. The molecule has 0 saturated heterocycles. The maximum atomic E-state index is 11.8. The molecule has 100 valence electrons. The van der Waals surface area contributed by atoms with Gasteiger partial charge in [0.25, 0.3) is 0 Å². The summed E-state index contributed by atoms with van der Waals surface area (Å²) in [7, 11) is 0. The van der Waals surface area contributed by atoms with Crippen LogP contribution in [0.3, 0.4) is 0 Å². The molecule has 0 fully saturated rings. The Balaban J connectivity index is 2.42. The number of rotatable bonds is 5. The zero-order valence-electron chi connectivity index (χ0n) is 11.0. The lowest BCUT2D eigenvalue weighted by Gasteiger charge is -2.20. The van der Waals surface area contributed by atoms with E-state index in [2.05, 4.69) is 26.1 Å². The Bertz CT molecular complexity index is 424. The molecular formula is C14H19Cl2NO. The van der Waals surface area contributed by atoms with Crippen LogP contribution in [-0.2, 0) is 11.2 Å². The second-order valence-electron chi connectivity index (χ2n) is 5.39. The zero-order chi connectivity index (χ0) is 13.8. The second kappa shape index (κ2) is 6.55. The van der Waals surface area contributed by atoms with Crippen molar-refractivity contribution in [1.82, 2.24) is 5.32 Å². The van der Waals surface area contributed by atoms with Crippen molar-refractivity contribution in [2.24, 2.45) is 0 Å². The van der Waals surface area contributed by atoms with Crippen molar-refractivity contribution in [3.63, 3.8) is 0 Å². The Hall–Kier alpha value is -0.570. The Labute approximate surface area is 119 Å². The minimum atomic E-state index is 0.0455. The van der Waals surface area contributed by atoms with Crippen LogP contribution in [0.4, 0.5) is 0 Å². The predicted octanol–water partition coefficient (Wildman–Crippen LogP) is 3.88. The van der Waals surface area contributed by atoms with Crippen molar-refractivity contribution in [1.29, 1.82) is 0 Å². The second-order valence-corrected chi connectivity index (χ2v) is 6.21. The van der Waals surface area contributed by atoms with Crippen LogP contribution in [0.2, 0.25) is 10.0 Å². The zero-order valence-corrected chi connectivity index (χ0v) is 12.5. The minimum absolute atomic E-state index is 0.0455. The summed E-state index contributed by atoms with van der Waals surface area (Å²) in [4.78, 5) is 11.8. The normalized spacial score (nSPS) is 11.6. The van der Waals surface area contributed by atoms with Gasteiger partial charge in [-0.1, -0.05) is 29.3 Å². The molecule has 0 spiro atoms. The molecule has 0 amide bonds. The van der Waals surface area contributed by atoms with Crippen molar-refractivity contribution in [3.05, 3.63) is 33.8 Å². The number of Topliss-reactive ketones (excluding diaryl/α,β-unsaturated/α-hetero) is 1. The number of carbonyl (C=O) groups is 1. The number of ketones is 1. The Kier molecular flexibility index (Phi) is 5.64. The molecule has 1 N–H and O–H groups in total. The maximum absolute atomic E-state index is 11.8. The van der Waals surface area contributed by atoms with Gasteiger partial charge in [0.1, 0.15) is 5.78 Å². The summed E-state index contributed by atoms with van der Waals surface area (Å²) in [6.07, 6.45) is 0.931. The highest BCUT2D eigenvalue weighted by molar-refractivity contribution is 6.42. The van der Waals surface area contributed by atoms with Gasteiger partial charge in [-0.3, -0.25) is 4.79 Å². The maximum Gasteiger partial charge on any atom is 0.138 e. The van der Waals surface area contributed by atoms with E-state index in [4.69, 9.17) is 23.2 Å². The summed E-state index contributed by atoms with van der Waals surface area (Å²) in [5.41, 5.74) is 0.953. The summed E-state index contributed by atoms with van der Waals surface area (Å²) in [6, 6.07) is 5.31. The van der Waals surface area contributed by atoms with Gasteiger partial charge in [-0.05, 0) is 38.5 Å². The molecule has 0 aliphatic rings. The lowest BCUT2D eigenvalue weighted by molar-refractivity contribution is -0.118. The highest BCUT2D eigenvalue weighted by atomic mass is 35.5. The first kappa shape index (κ1) is 15.5. The van der Waals surface area contributed by atoms with E-state index in [1.54, 1.807) is 12.1 Å². The van der Waals surface area contributed by atoms with E-state index in [1.165, 1.54) is 0 Å². The van der Waals surface area contributed by atoms with E-state index >= 15 is 0 Å². The molecule has 1 aromatic rings. The summed E-state index contributed by atoms with van der Waals surface area (Å²) >= 11 is 11.7. The van der Waals surface area contributed by atoms with Gasteiger partial charge in [-0.25, -0.2) is 0 Å². The van der Waals surface area contributed by atoms with Crippen LogP contribution in [0.5, 0.6) is 0 Å². The molecule has 2 nitrogen and oxygen atoms in total. The summed E-state index contributed by atoms with van der Waals surface area (Å²) in [5, 5.41) is 4.30. The lowest BCUT2D eigenvalue weighted by atomic mass is 10.1. The molecule has 1 aromatic carbocycles. The van der Waals surface area contributed by atoms with Gasteiger partial charge in [0.05, 0.1) is 10.0 Å². The van der Waals surface area contributed by atoms with E-state index in [0.29, 0.717) is 29.4 Å². The van der Waals surface area contributed by atoms with Crippen LogP contribution in [0, 0.1) is 0 Å². The van der Waals surface area contributed by atoms with E-state index in [1.807, 2.05) is 6.07 Å². The van der Waals surface area contributed by atoms with Crippen molar-refractivity contribution in [3.8, 4) is 0 Å². The third-order valence-electron chi connectivity index (χ3n) is 2.44. The van der Waals surface area contributed by atoms with Gasteiger partial charge in [-0.2, -0.15) is 0 Å². The van der Waals surface area contributed by atoms with Gasteiger partial charge >= 0.3 is 0 Å². The van der Waals surface area contributed by atoms with Crippen molar-refractivity contribution in [2.75, 3.05) is 6.54 Å². The fourth-order valence-corrected chi connectivity index (χ4v) is 1.86. The van der Waals surface area contributed by atoms with Crippen LogP contribution < -0.4 is 5.32 Å². The number of hydrogen-bond acceptors (Lipinski definition) is 2. The fourth-order valence-electron chi connectivity index (χ4n) is 1.54. The molecule has 18 heavy (non-hydrogen) atoms. The van der Waals surface area contributed by atoms with Gasteiger partial charge in [0.2, 0.25) is 0 Å². The smallest absolute Gasteiger partial charge is 0.138 e. The molecule has 1 rings (SSSR count). The van der Waals surface area contributed by atoms with Crippen LogP contribution in [0.1, 0.15) is 32.8 Å². The van der Waals surface area contributed by atoms with Crippen LogP contribution in [0.15, 0.2) is 18.2 Å². The number of carbonyl (C=O) groups excluding carboxylic acids is 1. The molecule has 0 radical (unpaired) electrons. The Morgan fingerprint density at radius 1 is 1.22 bits per heavy atom. The molecule has 0 aromatic heterocycles. The average molecular weight is 288 g/mol. The van der Waals surface area contributed by atoms with Gasteiger partial charge in [0.15, 0.2) is 0 Å². The third kappa shape index (κ3) is 5.85. The van der Waals surface area contributed by atoms with Crippen LogP contribution >= 0.6 is 23.2 Å². The molecule has 0 saturated carbocycles. The highest BCUT2D eigenvalue weighted by Crippen LogP contribution is 2.22. The van der Waals surface area contributed by atoms with Crippen LogP contribution in [0.25, 0.3) is 0 Å². The fraction of sp³-hybridized carbons (Fsp3) is 0.500. The average Bonchev–Trinajstić information content (AvgIpc) is 2.21. The van der Waals surface area contributed by atoms with Crippen molar-refractivity contribution >= 4 is 29.0 Å². The molecule has 0 aliphatic carbocycles. The number of halogens is 2. The quantitative estimate of drug-likeness (QED) is 0.890. The van der Waals surface area contributed by atoms with Gasteiger partial charge in [0, 0.05) is 24.9 Å². The number of hydrogen-bond donors (Lipinski definition) is 1. The minimum Gasteiger partial charge on any atom is -0.312 e. The lowest BCUT2D eigenvalue weighted by Crippen LogP contribution is -2.37. The molecular weight excluding hydrogens is 269 g/mol. The van der Waals surface area contributed by atoms with Gasteiger partial charge in [-0.15, -0.1) is 0 Å². The van der Waals surface area contributed by atoms with Crippen molar-refractivity contribution < 1.29 is 4.79 Å². The first-order valence-corrected chi connectivity index (χ1v) is 6.74. The summed E-state index contributed by atoms with van der Waals surface area (Å²) in [6.45, 7) is 6.94. The number of benzene rings is 1. The Morgan fingerprint density at radius 2 is 1.89 bits per heavy atom. The standard InChI is InChI=1S/C14H19Cl2NO/c1-14(2,3)17-7-6-11(18)8-10-4-5-12(15)13(16)9-10/h4-5,9,17H,6-8H2,1-3H3. The highest BCUT2D eigenvalue weighted by Gasteiger charge is 2.10. The molecule has 0 aliphatic heterocycles. The topological polar surface area (TPSA) is 29.1 Å². The monoisotopic (exact) mass is 287 g/mol. The summed E-state index contributed by atoms with van der Waals surface area (Å²) < 4.78 is 0. The van der Waals surface area contributed by atoms with Crippen molar-refractivity contribution in [2.45, 2.75) is 39.2 Å².